The van der Waals surface area contributed by atoms with E-state index >= 15 is 0 Å². The molecule has 88 valence electrons. The minimum absolute atomic E-state index is 0.00370. The van der Waals surface area contributed by atoms with Crippen molar-refractivity contribution in [3.8, 4) is 0 Å². The van der Waals surface area contributed by atoms with Crippen molar-refractivity contribution in [2.45, 2.75) is 41.0 Å². The minimum atomic E-state index is -0.509. The molecule has 3 nitrogen and oxygen atoms in total. The van der Waals surface area contributed by atoms with Gasteiger partial charge in [0.15, 0.2) is 0 Å². The highest BCUT2D eigenvalue weighted by atomic mass is 16.5. The van der Waals surface area contributed by atoms with Crippen LogP contribution in [0.15, 0.2) is 0 Å². The third-order valence-electron chi connectivity index (χ3n) is 2.31. The molecule has 0 spiro atoms. The first-order chi connectivity index (χ1) is 6.80. The van der Waals surface area contributed by atoms with Crippen molar-refractivity contribution in [2.75, 3.05) is 13.2 Å². The molecule has 0 aliphatic rings. The zero-order valence-electron chi connectivity index (χ0n) is 10.4. The molecule has 0 heterocycles. The van der Waals surface area contributed by atoms with Gasteiger partial charge in [0.2, 0.25) is 0 Å². The molecule has 0 saturated carbocycles. The molecule has 0 amide bonds. The maximum absolute atomic E-state index is 11.8. The molecule has 0 saturated heterocycles. The number of carbonyl (C=O) groups excluding carboxylic acids is 2. The Bertz CT molecular complexity index is 226. The topological polar surface area (TPSA) is 43.4 Å². The van der Waals surface area contributed by atoms with Crippen molar-refractivity contribution in [1.29, 1.82) is 0 Å². The second-order valence-corrected chi connectivity index (χ2v) is 4.75. The van der Waals surface area contributed by atoms with Gasteiger partial charge in [-0.15, -0.1) is 0 Å². The monoisotopic (exact) mass is 214 g/mol. The van der Waals surface area contributed by atoms with Gasteiger partial charge in [-0.2, -0.15) is 0 Å². The van der Waals surface area contributed by atoms with Crippen molar-refractivity contribution in [1.82, 2.24) is 0 Å². The van der Waals surface area contributed by atoms with Crippen LogP contribution in [0.2, 0.25) is 0 Å². The Balaban J connectivity index is 4.15. The van der Waals surface area contributed by atoms with Gasteiger partial charge in [0, 0.05) is 18.4 Å². The van der Waals surface area contributed by atoms with Crippen LogP contribution in [-0.2, 0) is 14.3 Å². The molecule has 1 unspecified atom stereocenters. The van der Waals surface area contributed by atoms with Crippen LogP contribution in [-0.4, -0.2) is 24.8 Å². The maximum atomic E-state index is 11.8. The van der Waals surface area contributed by atoms with E-state index in [-0.39, 0.29) is 11.6 Å². The molecular weight excluding hydrogens is 192 g/mol. The molecule has 1 atom stereocenters. The number of hydrogen-bond acceptors (Lipinski definition) is 3. The molecule has 0 N–H and O–H groups in total. The van der Waals surface area contributed by atoms with Crippen LogP contribution >= 0.6 is 0 Å². The molecule has 0 aromatic carbocycles. The number of ether oxygens (including phenoxy) is 1. The lowest BCUT2D eigenvalue weighted by molar-refractivity contribution is -0.137. The van der Waals surface area contributed by atoms with E-state index in [0.29, 0.717) is 19.6 Å². The van der Waals surface area contributed by atoms with Crippen LogP contribution in [0.25, 0.3) is 0 Å². The molecule has 0 aromatic rings. The fourth-order valence-corrected chi connectivity index (χ4v) is 1.33. The van der Waals surface area contributed by atoms with Crippen molar-refractivity contribution < 1.29 is 14.3 Å². The molecule has 0 rings (SSSR count). The molecule has 0 aliphatic heterocycles. The average molecular weight is 214 g/mol. The van der Waals surface area contributed by atoms with Crippen LogP contribution < -0.4 is 0 Å². The van der Waals surface area contributed by atoms with E-state index in [9.17, 15) is 9.59 Å². The number of Topliss-reactive ketones (excluding diaryl/α,β-unsaturated/α-hetero) is 2. The maximum Gasteiger partial charge on any atom is 0.148 e. The zero-order valence-corrected chi connectivity index (χ0v) is 10.4. The van der Waals surface area contributed by atoms with Gasteiger partial charge in [0.05, 0.1) is 12.5 Å². The highest BCUT2D eigenvalue weighted by Gasteiger charge is 2.30. The minimum Gasteiger partial charge on any atom is -0.381 e. The van der Waals surface area contributed by atoms with Gasteiger partial charge in [-0.1, -0.05) is 20.8 Å². The SMILES string of the molecule is CCOCCC(=O)C(C)C(=O)C(C)(C)C. The van der Waals surface area contributed by atoms with E-state index in [0.717, 1.165) is 0 Å². The summed E-state index contributed by atoms with van der Waals surface area (Å²) in [6.45, 7) is 10.1. The summed E-state index contributed by atoms with van der Waals surface area (Å²) in [5.74, 6) is -0.530. The van der Waals surface area contributed by atoms with Crippen molar-refractivity contribution in [2.24, 2.45) is 11.3 Å². The van der Waals surface area contributed by atoms with E-state index in [1.54, 1.807) is 6.92 Å². The average Bonchev–Trinajstić information content (AvgIpc) is 2.14. The number of ketones is 2. The van der Waals surface area contributed by atoms with Gasteiger partial charge < -0.3 is 4.74 Å². The van der Waals surface area contributed by atoms with Crippen molar-refractivity contribution in [3.63, 3.8) is 0 Å². The molecule has 0 bridgehead atoms. The first kappa shape index (κ1) is 14.3. The van der Waals surface area contributed by atoms with E-state index in [1.807, 2.05) is 27.7 Å². The fraction of sp³-hybridized carbons (Fsp3) is 0.833. The van der Waals surface area contributed by atoms with Crippen LogP contribution in [0.3, 0.4) is 0 Å². The normalized spacial score (nSPS) is 13.7. The van der Waals surface area contributed by atoms with E-state index < -0.39 is 11.3 Å². The first-order valence-corrected chi connectivity index (χ1v) is 5.45. The summed E-state index contributed by atoms with van der Waals surface area (Å²) >= 11 is 0. The lowest BCUT2D eigenvalue weighted by Crippen LogP contribution is -2.32. The molecule has 0 fully saturated rings. The molecular formula is C12H22O3. The lowest BCUT2D eigenvalue weighted by Gasteiger charge is -2.20. The largest absolute Gasteiger partial charge is 0.381 e. The van der Waals surface area contributed by atoms with Crippen LogP contribution in [0.5, 0.6) is 0 Å². The quantitative estimate of drug-likeness (QED) is 0.503. The Morgan fingerprint density at radius 2 is 1.80 bits per heavy atom. The van der Waals surface area contributed by atoms with E-state index in [1.165, 1.54) is 0 Å². The molecule has 0 aliphatic carbocycles. The third-order valence-corrected chi connectivity index (χ3v) is 2.31. The smallest absolute Gasteiger partial charge is 0.148 e. The van der Waals surface area contributed by atoms with E-state index in [4.69, 9.17) is 4.74 Å². The Morgan fingerprint density at radius 3 is 2.20 bits per heavy atom. The second kappa shape index (κ2) is 6.01. The standard InChI is InChI=1S/C12H22O3/c1-6-15-8-7-10(13)9(2)11(14)12(3,4)5/h9H,6-8H2,1-5H3. The first-order valence-electron chi connectivity index (χ1n) is 5.45. The zero-order chi connectivity index (χ0) is 12.1. The lowest BCUT2D eigenvalue weighted by atomic mass is 9.81. The Hall–Kier alpha value is -0.700. The Morgan fingerprint density at radius 1 is 1.27 bits per heavy atom. The Labute approximate surface area is 92.2 Å². The van der Waals surface area contributed by atoms with Gasteiger partial charge in [-0.05, 0) is 13.8 Å². The van der Waals surface area contributed by atoms with Gasteiger partial charge in [-0.3, -0.25) is 9.59 Å². The summed E-state index contributed by atoms with van der Waals surface area (Å²) in [5.41, 5.74) is -0.444. The number of hydrogen-bond donors (Lipinski definition) is 0. The molecule has 3 heteroatoms. The molecule has 15 heavy (non-hydrogen) atoms. The second-order valence-electron chi connectivity index (χ2n) is 4.75. The summed E-state index contributed by atoms with van der Waals surface area (Å²) in [7, 11) is 0. The third kappa shape index (κ3) is 5.07. The summed E-state index contributed by atoms with van der Waals surface area (Å²) in [4.78, 5) is 23.4. The Kier molecular flexibility index (Phi) is 5.73. The van der Waals surface area contributed by atoms with Gasteiger partial charge in [-0.25, -0.2) is 0 Å². The summed E-state index contributed by atoms with van der Waals surface area (Å²) < 4.78 is 5.09. The summed E-state index contributed by atoms with van der Waals surface area (Å²) in [5, 5.41) is 0. The van der Waals surface area contributed by atoms with Gasteiger partial charge >= 0.3 is 0 Å². The van der Waals surface area contributed by atoms with Crippen molar-refractivity contribution >= 4 is 11.6 Å². The molecule has 0 aromatic heterocycles. The van der Waals surface area contributed by atoms with Crippen LogP contribution in [0, 0.1) is 11.3 Å². The predicted octanol–water partition coefficient (Wildman–Crippen LogP) is 2.23. The van der Waals surface area contributed by atoms with Gasteiger partial charge in [0.1, 0.15) is 11.6 Å². The van der Waals surface area contributed by atoms with Crippen LogP contribution in [0.4, 0.5) is 0 Å². The summed E-state index contributed by atoms with van der Waals surface area (Å²) in [6.07, 6.45) is 0.330. The summed E-state index contributed by atoms with van der Waals surface area (Å²) in [6, 6.07) is 0. The van der Waals surface area contributed by atoms with Crippen LogP contribution in [0.1, 0.15) is 41.0 Å². The number of carbonyl (C=O) groups is 2. The number of rotatable bonds is 6. The fourth-order valence-electron chi connectivity index (χ4n) is 1.33. The highest BCUT2D eigenvalue weighted by Crippen LogP contribution is 2.21. The predicted molar refractivity (Wildman–Crippen MR) is 59.7 cm³/mol. The molecule has 0 radical (unpaired) electrons. The van der Waals surface area contributed by atoms with Crippen molar-refractivity contribution in [3.05, 3.63) is 0 Å². The van der Waals surface area contributed by atoms with E-state index in [2.05, 4.69) is 0 Å². The highest BCUT2D eigenvalue weighted by molar-refractivity contribution is 6.04. The van der Waals surface area contributed by atoms with Gasteiger partial charge in [0.25, 0.3) is 0 Å².